The number of H-pyrrole nitrogens is 1. The van der Waals surface area contributed by atoms with E-state index in [1.54, 1.807) is 4.90 Å². The molecule has 0 radical (unpaired) electrons. The number of aromatic amines is 1. The molecule has 3 N–H and O–H groups in total. The average molecular weight is 565 g/mol. The number of fused-ring (bicyclic) bond motifs is 8. The van der Waals surface area contributed by atoms with E-state index in [0.29, 0.717) is 29.9 Å². The van der Waals surface area contributed by atoms with E-state index in [4.69, 9.17) is 9.47 Å². The topological polar surface area (TPSA) is 113 Å². The van der Waals surface area contributed by atoms with E-state index >= 15 is 0 Å². The SMILES string of the molecule is CCC(C)[C@H](NC(=O)[C@@H]1Cc2c([nH]c3ccccc23)C2c3ccccc3C(=O)N21)C(=O)NCc1ccc2c(c1)OCO2. The first-order valence-corrected chi connectivity index (χ1v) is 14.4. The maximum absolute atomic E-state index is 14.1. The van der Waals surface area contributed by atoms with Gasteiger partial charge in [-0.1, -0.05) is 62.7 Å². The van der Waals surface area contributed by atoms with Gasteiger partial charge in [0.15, 0.2) is 11.5 Å². The van der Waals surface area contributed by atoms with Crippen molar-refractivity contribution in [1.29, 1.82) is 0 Å². The van der Waals surface area contributed by atoms with Crippen LogP contribution in [0, 0.1) is 5.92 Å². The summed E-state index contributed by atoms with van der Waals surface area (Å²) in [5.74, 6) is 0.422. The molecule has 9 nitrogen and oxygen atoms in total. The molecule has 7 rings (SSSR count). The van der Waals surface area contributed by atoms with Gasteiger partial charge in [0.2, 0.25) is 18.6 Å². The molecule has 42 heavy (non-hydrogen) atoms. The fourth-order valence-electron chi connectivity index (χ4n) is 6.44. The molecule has 3 amide bonds. The van der Waals surface area contributed by atoms with Gasteiger partial charge in [-0.3, -0.25) is 14.4 Å². The van der Waals surface area contributed by atoms with Gasteiger partial charge in [0.25, 0.3) is 5.91 Å². The number of nitrogens with one attached hydrogen (secondary N) is 3. The summed E-state index contributed by atoms with van der Waals surface area (Å²) in [4.78, 5) is 46.6. The minimum atomic E-state index is -0.769. The lowest BCUT2D eigenvalue weighted by Gasteiger charge is -2.38. The Labute approximate surface area is 243 Å². The molecule has 9 heteroatoms. The largest absolute Gasteiger partial charge is 0.454 e. The van der Waals surface area contributed by atoms with Crippen molar-refractivity contribution >= 4 is 28.6 Å². The molecular formula is C33H32N4O5. The molecule has 3 aliphatic heterocycles. The molecule has 4 heterocycles. The summed E-state index contributed by atoms with van der Waals surface area (Å²) in [7, 11) is 0. The van der Waals surface area contributed by atoms with Crippen LogP contribution in [0.5, 0.6) is 11.5 Å². The molecule has 4 atom stereocenters. The smallest absolute Gasteiger partial charge is 0.255 e. The van der Waals surface area contributed by atoms with E-state index in [2.05, 4.69) is 15.6 Å². The molecule has 0 saturated heterocycles. The molecule has 0 bridgehead atoms. The zero-order valence-corrected chi connectivity index (χ0v) is 23.5. The molecule has 0 fully saturated rings. The van der Waals surface area contributed by atoms with Gasteiger partial charge in [-0.2, -0.15) is 0 Å². The number of hydrogen-bond donors (Lipinski definition) is 3. The van der Waals surface area contributed by atoms with Crippen molar-refractivity contribution in [2.75, 3.05) is 6.79 Å². The van der Waals surface area contributed by atoms with Gasteiger partial charge in [0.05, 0.1) is 6.04 Å². The van der Waals surface area contributed by atoms with E-state index in [1.807, 2.05) is 80.6 Å². The Morgan fingerprint density at radius 1 is 1.05 bits per heavy atom. The monoisotopic (exact) mass is 564 g/mol. The van der Waals surface area contributed by atoms with Crippen molar-refractivity contribution in [3.05, 3.63) is 94.7 Å². The van der Waals surface area contributed by atoms with Gasteiger partial charge in [0, 0.05) is 35.1 Å². The third-order valence-electron chi connectivity index (χ3n) is 8.85. The second-order valence-corrected chi connectivity index (χ2v) is 11.3. The number of aromatic nitrogens is 1. The van der Waals surface area contributed by atoms with Crippen molar-refractivity contribution in [2.24, 2.45) is 5.92 Å². The number of hydrogen-bond acceptors (Lipinski definition) is 5. The number of carbonyl (C=O) groups is 3. The van der Waals surface area contributed by atoms with Crippen molar-refractivity contribution in [1.82, 2.24) is 20.5 Å². The van der Waals surface area contributed by atoms with Crippen LogP contribution in [-0.4, -0.2) is 46.5 Å². The Balaban J connectivity index is 1.17. The van der Waals surface area contributed by atoms with Gasteiger partial charge in [-0.15, -0.1) is 0 Å². The van der Waals surface area contributed by atoms with Crippen LogP contribution < -0.4 is 20.1 Å². The number of nitrogens with zero attached hydrogens (tertiary/aromatic N) is 1. The second kappa shape index (κ2) is 10.2. The molecule has 1 aromatic heterocycles. The predicted octanol–water partition coefficient (Wildman–Crippen LogP) is 4.21. The number of para-hydroxylation sites is 1. The Morgan fingerprint density at radius 3 is 2.69 bits per heavy atom. The number of ether oxygens (including phenoxy) is 2. The summed E-state index contributed by atoms with van der Waals surface area (Å²) < 4.78 is 10.8. The number of carbonyl (C=O) groups excluding carboxylic acids is 3. The molecular weight excluding hydrogens is 532 g/mol. The van der Waals surface area contributed by atoms with Crippen molar-refractivity contribution in [3.63, 3.8) is 0 Å². The van der Waals surface area contributed by atoms with Gasteiger partial charge in [0.1, 0.15) is 12.1 Å². The van der Waals surface area contributed by atoms with Crippen molar-refractivity contribution < 1.29 is 23.9 Å². The fourth-order valence-corrected chi connectivity index (χ4v) is 6.44. The Bertz CT molecular complexity index is 1730. The van der Waals surface area contributed by atoms with Crippen LogP contribution in [0.1, 0.15) is 59.1 Å². The fraction of sp³-hybridized carbons (Fsp3) is 0.303. The van der Waals surface area contributed by atoms with Crippen molar-refractivity contribution in [3.8, 4) is 11.5 Å². The highest BCUT2D eigenvalue weighted by atomic mass is 16.7. The molecule has 0 saturated carbocycles. The highest BCUT2D eigenvalue weighted by Gasteiger charge is 2.49. The summed E-state index contributed by atoms with van der Waals surface area (Å²) in [5.41, 5.74) is 5.30. The van der Waals surface area contributed by atoms with Gasteiger partial charge in [-0.05, 0) is 46.9 Å². The second-order valence-electron chi connectivity index (χ2n) is 11.3. The predicted molar refractivity (Wildman–Crippen MR) is 156 cm³/mol. The molecule has 0 aliphatic carbocycles. The Morgan fingerprint density at radius 2 is 1.83 bits per heavy atom. The first-order chi connectivity index (χ1) is 20.4. The minimum Gasteiger partial charge on any atom is -0.454 e. The Hall–Kier alpha value is -4.79. The van der Waals surface area contributed by atoms with Crippen LogP contribution in [-0.2, 0) is 22.6 Å². The summed E-state index contributed by atoms with van der Waals surface area (Å²) in [5, 5.41) is 7.07. The lowest BCUT2D eigenvalue weighted by molar-refractivity contribution is -0.133. The van der Waals surface area contributed by atoms with E-state index in [1.165, 1.54) is 0 Å². The summed E-state index contributed by atoms with van der Waals surface area (Å²) in [6.45, 7) is 4.40. The highest BCUT2D eigenvalue weighted by Crippen LogP contribution is 2.46. The number of benzene rings is 3. The lowest BCUT2D eigenvalue weighted by Crippen LogP contribution is -2.58. The maximum atomic E-state index is 14.1. The standard InChI is InChI=1S/C33H32N4O5/c1-3-18(2)28(32(39)34-16-19-12-13-26-27(14-19)42-17-41-26)36-31(38)25-15-23-20-8-6-7-11-24(20)35-29(23)30-21-9-4-5-10-22(21)33(40)37(25)30/h4-14,18,25,28,30,35H,3,15-17H2,1-2H3,(H,34,39)(H,36,38)/t18?,25-,28-,30?/m0/s1. The zero-order chi connectivity index (χ0) is 29.0. The molecule has 2 unspecified atom stereocenters. The van der Waals surface area contributed by atoms with Crippen LogP contribution in [0.25, 0.3) is 10.9 Å². The third kappa shape index (κ3) is 4.19. The Kier molecular flexibility index (Phi) is 6.37. The third-order valence-corrected chi connectivity index (χ3v) is 8.85. The van der Waals surface area contributed by atoms with Crippen LogP contribution in [0.4, 0.5) is 0 Å². The van der Waals surface area contributed by atoms with Crippen LogP contribution >= 0.6 is 0 Å². The highest BCUT2D eigenvalue weighted by molar-refractivity contribution is 6.04. The molecule has 4 aromatic rings. The van der Waals surface area contributed by atoms with E-state index < -0.39 is 18.1 Å². The molecule has 3 aliphatic rings. The normalized spacial score (nSPS) is 19.6. The summed E-state index contributed by atoms with van der Waals surface area (Å²) in [6, 6.07) is 19.2. The summed E-state index contributed by atoms with van der Waals surface area (Å²) >= 11 is 0. The van der Waals surface area contributed by atoms with Crippen LogP contribution in [0.2, 0.25) is 0 Å². The minimum absolute atomic E-state index is 0.125. The van der Waals surface area contributed by atoms with Crippen LogP contribution in [0.15, 0.2) is 66.7 Å². The summed E-state index contributed by atoms with van der Waals surface area (Å²) in [6.07, 6.45) is 1.05. The lowest BCUT2D eigenvalue weighted by atomic mass is 9.89. The van der Waals surface area contributed by atoms with Crippen LogP contribution in [0.3, 0.4) is 0 Å². The van der Waals surface area contributed by atoms with E-state index in [-0.39, 0.29) is 37.0 Å². The van der Waals surface area contributed by atoms with E-state index in [9.17, 15) is 14.4 Å². The average Bonchev–Trinajstić information content (AvgIpc) is 3.72. The maximum Gasteiger partial charge on any atom is 0.255 e. The van der Waals surface area contributed by atoms with Gasteiger partial charge in [-0.25, -0.2) is 0 Å². The van der Waals surface area contributed by atoms with Gasteiger partial charge >= 0.3 is 0 Å². The molecule has 0 spiro atoms. The number of rotatable bonds is 7. The quantitative estimate of drug-likeness (QED) is 0.311. The molecule has 214 valence electrons. The zero-order valence-electron chi connectivity index (χ0n) is 23.5. The van der Waals surface area contributed by atoms with Gasteiger partial charge < -0.3 is 30.0 Å². The first-order valence-electron chi connectivity index (χ1n) is 14.4. The van der Waals surface area contributed by atoms with Crippen molar-refractivity contribution in [2.45, 2.75) is 51.4 Å². The molecule has 3 aromatic carbocycles. The number of amides is 3. The van der Waals surface area contributed by atoms with E-state index in [0.717, 1.165) is 33.3 Å². The first kappa shape index (κ1) is 26.1.